The van der Waals surface area contributed by atoms with Crippen LogP contribution in [0.5, 0.6) is 0 Å². The maximum atomic E-state index is 12.2. The third kappa shape index (κ3) is 2.51. The van der Waals surface area contributed by atoms with Crippen molar-refractivity contribution in [2.24, 2.45) is 5.92 Å². The summed E-state index contributed by atoms with van der Waals surface area (Å²) in [5, 5.41) is 7.79. The van der Waals surface area contributed by atoms with Crippen LogP contribution < -0.4 is 10.9 Å². The summed E-state index contributed by atoms with van der Waals surface area (Å²) in [7, 11) is 0. The van der Waals surface area contributed by atoms with Crippen LogP contribution in [0.2, 0.25) is 0 Å². The van der Waals surface area contributed by atoms with Crippen LogP contribution in [-0.4, -0.2) is 40.4 Å². The Morgan fingerprint density at radius 3 is 2.65 bits per heavy atom. The Morgan fingerprint density at radius 1 is 1.40 bits per heavy atom. The van der Waals surface area contributed by atoms with E-state index in [1.165, 1.54) is 30.6 Å². The Morgan fingerprint density at radius 2 is 2.10 bits per heavy atom. The molecule has 6 heteroatoms. The molecule has 0 amide bonds. The molecular weight excluding hydrogens is 320 g/mol. The fourth-order valence-electron chi connectivity index (χ4n) is 3.24. The molecule has 110 valence electrons. The number of aromatic nitrogens is 2. The van der Waals surface area contributed by atoms with E-state index in [1.54, 1.807) is 6.20 Å². The number of halogens is 1. The molecule has 0 aliphatic carbocycles. The maximum Gasteiger partial charge on any atom is 0.283 e. The van der Waals surface area contributed by atoms with Crippen molar-refractivity contribution in [3.8, 4) is 0 Å². The second-order valence-electron chi connectivity index (χ2n) is 6.10. The molecule has 2 bridgehead atoms. The van der Waals surface area contributed by atoms with Crippen LogP contribution in [-0.2, 0) is 0 Å². The van der Waals surface area contributed by atoms with E-state index in [2.05, 4.69) is 31.2 Å². The van der Waals surface area contributed by atoms with E-state index in [4.69, 9.17) is 0 Å². The van der Waals surface area contributed by atoms with E-state index >= 15 is 0 Å². The molecule has 3 aliphatic rings. The summed E-state index contributed by atoms with van der Waals surface area (Å²) in [4.78, 5) is 14.7. The van der Waals surface area contributed by atoms with Crippen molar-refractivity contribution in [1.82, 2.24) is 14.7 Å². The highest BCUT2D eigenvalue weighted by molar-refractivity contribution is 9.10. The third-order valence-electron chi connectivity index (χ3n) is 4.43. The fourth-order valence-corrected chi connectivity index (χ4v) is 3.64. The van der Waals surface area contributed by atoms with Gasteiger partial charge < -0.3 is 10.2 Å². The van der Waals surface area contributed by atoms with Crippen LogP contribution in [0.15, 0.2) is 15.5 Å². The molecule has 0 radical (unpaired) electrons. The van der Waals surface area contributed by atoms with Gasteiger partial charge in [0.25, 0.3) is 5.56 Å². The van der Waals surface area contributed by atoms with E-state index in [0.717, 1.165) is 18.2 Å². The van der Waals surface area contributed by atoms with E-state index in [-0.39, 0.29) is 11.6 Å². The van der Waals surface area contributed by atoms with Gasteiger partial charge in [-0.05, 0) is 61.6 Å². The molecule has 1 atom stereocenters. The Labute approximate surface area is 127 Å². The second-order valence-corrected chi connectivity index (χ2v) is 6.90. The topological polar surface area (TPSA) is 50.2 Å². The average Bonchev–Trinajstić information content (AvgIpc) is 2.45. The zero-order valence-corrected chi connectivity index (χ0v) is 13.6. The number of fused-ring (bicyclic) bond motifs is 3. The van der Waals surface area contributed by atoms with Gasteiger partial charge in [-0.15, -0.1) is 0 Å². The Hall–Kier alpha value is -0.880. The lowest BCUT2D eigenvalue weighted by atomic mass is 9.84. The highest BCUT2D eigenvalue weighted by Crippen LogP contribution is 2.30. The zero-order valence-electron chi connectivity index (χ0n) is 12.0. The van der Waals surface area contributed by atoms with Gasteiger partial charge >= 0.3 is 0 Å². The minimum Gasteiger partial charge on any atom is -0.378 e. The molecule has 0 saturated carbocycles. The number of piperidine rings is 3. The molecule has 3 aliphatic heterocycles. The van der Waals surface area contributed by atoms with E-state index < -0.39 is 0 Å². The lowest BCUT2D eigenvalue weighted by molar-refractivity contribution is 0.0975. The van der Waals surface area contributed by atoms with Crippen molar-refractivity contribution in [2.75, 3.05) is 25.0 Å². The van der Waals surface area contributed by atoms with Crippen LogP contribution in [0.4, 0.5) is 5.69 Å². The van der Waals surface area contributed by atoms with Crippen molar-refractivity contribution >= 4 is 21.6 Å². The van der Waals surface area contributed by atoms with E-state index in [9.17, 15) is 4.79 Å². The quantitative estimate of drug-likeness (QED) is 0.915. The van der Waals surface area contributed by atoms with Crippen molar-refractivity contribution < 1.29 is 0 Å². The minimum atomic E-state index is -0.0636. The number of hydrogen-bond donors (Lipinski definition) is 1. The summed E-state index contributed by atoms with van der Waals surface area (Å²) in [6.07, 6.45) is 4.28. The highest BCUT2D eigenvalue weighted by atomic mass is 79.9. The molecule has 0 aromatic carbocycles. The lowest BCUT2D eigenvalue weighted by Gasteiger charge is -2.45. The molecule has 1 aromatic rings. The average molecular weight is 341 g/mol. The molecular formula is C14H21BrN4O. The SMILES string of the molecule is CC(C)n1ncc(NC2CN3CCC2CC3)c(Br)c1=O. The normalized spacial score (nSPS) is 28.9. The summed E-state index contributed by atoms with van der Waals surface area (Å²) >= 11 is 3.43. The lowest BCUT2D eigenvalue weighted by Crippen LogP contribution is -2.53. The van der Waals surface area contributed by atoms with Crippen LogP contribution in [0.25, 0.3) is 0 Å². The number of anilines is 1. The van der Waals surface area contributed by atoms with Gasteiger partial charge in [0.05, 0.1) is 17.9 Å². The van der Waals surface area contributed by atoms with Crippen LogP contribution in [0.1, 0.15) is 32.7 Å². The molecule has 1 aromatic heterocycles. The van der Waals surface area contributed by atoms with Gasteiger partial charge in [0.1, 0.15) is 4.47 Å². The number of rotatable bonds is 3. The van der Waals surface area contributed by atoms with E-state index in [0.29, 0.717) is 10.5 Å². The molecule has 3 fully saturated rings. The van der Waals surface area contributed by atoms with Gasteiger partial charge in [-0.1, -0.05) is 0 Å². The maximum absolute atomic E-state index is 12.2. The Bertz CT molecular complexity index is 549. The second kappa shape index (κ2) is 5.48. The summed E-state index contributed by atoms with van der Waals surface area (Å²) in [5.41, 5.74) is 0.761. The van der Waals surface area contributed by atoms with Gasteiger partial charge in [0.15, 0.2) is 0 Å². The Balaban J connectivity index is 1.81. The number of nitrogens with zero attached hydrogens (tertiary/aromatic N) is 3. The Kier molecular flexibility index (Phi) is 3.86. The van der Waals surface area contributed by atoms with Crippen LogP contribution in [0, 0.1) is 5.92 Å². The van der Waals surface area contributed by atoms with Gasteiger partial charge in [-0.3, -0.25) is 4.79 Å². The van der Waals surface area contributed by atoms with Gasteiger partial charge in [-0.2, -0.15) is 5.10 Å². The molecule has 4 heterocycles. The number of hydrogen-bond acceptors (Lipinski definition) is 4. The largest absolute Gasteiger partial charge is 0.378 e. The molecule has 3 saturated heterocycles. The van der Waals surface area contributed by atoms with Crippen molar-refractivity contribution in [1.29, 1.82) is 0 Å². The predicted molar refractivity (Wildman–Crippen MR) is 83.2 cm³/mol. The van der Waals surface area contributed by atoms with Crippen molar-refractivity contribution in [3.63, 3.8) is 0 Å². The summed E-state index contributed by atoms with van der Waals surface area (Å²) in [6.45, 7) is 7.43. The molecule has 4 rings (SSSR count). The molecule has 0 spiro atoms. The van der Waals surface area contributed by atoms with Crippen LogP contribution >= 0.6 is 15.9 Å². The van der Waals surface area contributed by atoms with Gasteiger partial charge in [0.2, 0.25) is 0 Å². The molecule has 5 nitrogen and oxygen atoms in total. The minimum absolute atomic E-state index is 0.0636. The first-order valence-corrected chi connectivity index (χ1v) is 8.11. The smallest absolute Gasteiger partial charge is 0.283 e. The van der Waals surface area contributed by atoms with Gasteiger partial charge in [0, 0.05) is 12.6 Å². The highest BCUT2D eigenvalue weighted by Gasteiger charge is 2.34. The van der Waals surface area contributed by atoms with Crippen molar-refractivity contribution in [3.05, 3.63) is 21.0 Å². The first kappa shape index (κ1) is 14.1. The predicted octanol–water partition coefficient (Wildman–Crippen LogP) is 2.09. The summed E-state index contributed by atoms with van der Waals surface area (Å²) in [6, 6.07) is 0.509. The molecule has 1 N–H and O–H groups in total. The number of nitrogens with one attached hydrogen (secondary N) is 1. The zero-order chi connectivity index (χ0) is 14.3. The van der Waals surface area contributed by atoms with Crippen molar-refractivity contribution in [2.45, 2.75) is 38.8 Å². The summed E-state index contributed by atoms with van der Waals surface area (Å²) in [5.74, 6) is 0.722. The first-order valence-electron chi connectivity index (χ1n) is 7.32. The monoisotopic (exact) mass is 340 g/mol. The standard InChI is InChI=1S/C14H21BrN4O/c1-9(2)19-14(20)13(15)11(7-16-19)17-12-8-18-5-3-10(12)4-6-18/h7,9-10,12,17H,3-6,8H2,1-2H3. The van der Waals surface area contributed by atoms with Gasteiger partial charge in [-0.25, -0.2) is 4.68 Å². The van der Waals surface area contributed by atoms with Crippen LogP contribution in [0.3, 0.4) is 0 Å². The fraction of sp³-hybridized carbons (Fsp3) is 0.714. The summed E-state index contributed by atoms with van der Waals surface area (Å²) < 4.78 is 2.10. The third-order valence-corrected chi connectivity index (χ3v) is 5.20. The first-order chi connectivity index (χ1) is 9.56. The molecule has 1 unspecified atom stereocenters. The molecule has 20 heavy (non-hydrogen) atoms. The van der Waals surface area contributed by atoms with E-state index in [1.807, 2.05) is 13.8 Å².